The molecule has 3 saturated carbocycles. The first-order valence-electron chi connectivity index (χ1n) is 12.3. The van der Waals surface area contributed by atoms with Gasteiger partial charge in [0.05, 0.1) is 12.4 Å². The molecule has 6 nitrogen and oxygen atoms in total. The summed E-state index contributed by atoms with van der Waals surface area (Å²) < 4.78 is 57.5. The summed E-state index contributed by atoms with van der Waals surface area (Å²) in [7, 11) is 0. The van der Waals surface area contributed by atoms with Gasteiger partial charge in [-0.05, 0) is 73.7 Å². The Morgan fingerprint density at radius 2 is 2.00 bits per heavy atom. The standard InChI is InChI=1S/C27H29F3O6S/c1-14-9-16-17-11-19(29)18-10-15(31)6-7-24(18,2)26(17,30)21(32)12-25(16,3)27(14,23(34)37-13-28)36-22(33)20-5-4-8-35-20/h4-8,10,14,16-17,19,21,32H,9,11-13H2,1-3H3/t14-,16?,17?,19+,21?,24+,25?,26+,27+/m1/s1. The van der Waals surface area contributed by atoms with Crippen molar-refractivity contribution < 1.29 is 41.8 Å². The van der Waals surface area contributed by atoms with Crippen molar-refractivity contribution in [3.8, 4) is 0 Å². The lowest BCUT2D eigenvalue weighted by Gasteiger charge is -2.63. The van der Waals surface area contributed by atoms with Crippen molar-refractivity contribution in [2.75, 3.05) is 6.01 Å². The van der Waals surface area contributed by atoms with Gasteiger partial charge in [-0.3, -0.25) is 9.59 Å². The van der Waals surface area contributed by atoms with E-state index in [1.807, 2.05) is 0 Å². The number of hydrogen-bond donors (Lipinski definition) is 1. The second-order valence-electron chi connectivity index (χ2n) is 11.1. The van der Waals surface area contributed by atoms with Crippen molar-refractivity contribution in [3.05, 3.63) is 48.0 Å². The number of thioether (sulfide) groups is 1. The second-order valence-corrected chi connectivity index (χ2v) is 12.0. The maximum Gasteiger partial charge on any atom is 0.375 e. The Balaban J connectivity index is 1.64. The molecule has 0 amide bonds. The van der Waals surface area contributed by atoms with Crippen LogP contribution in [0.2, 0.25) is 0 Å². The predicted octanol–water partition coefficient (Wildman–Crippen LogP) is 4.93. The van der Waals surface area contributed by atoms with E-state index in [2.05, 4.69) is 0 Å². The Morgan fingerprint density at radius 3 is 2.65 bits per heavy atom. The van der Waals surface area contributed by atoms with E-state index in [9.17, 15) is 23.9 Å². The normalized spacial score (nSPS) is 44.5. The largest absolute Gasteiger partial charge is 0.457 e. The fourth-order valence-corrected chi connectivity index (χ4v) is 8.76. The molecule has 0 radical (unpaired) electrons. The molecule has 1 heterocycles. The number of aliphatic hydroxyl groups is 1. The third-order valence-corrected chi connectivity index (χ3v) is 10.3. The molecule has 1 aromatic rings. The van der Waals surface area contributed by atoms with E-state index in [1.54, 1.807) is 13.8 Å². The Morgan fingerprint density at radius 1 is 1.27 bits per heavy atom. The fraction of sp³-hybridized carbons (Fsp3) is 0.593. The van der Waals surface area contributed by atoms with Crippen molar-refractivity contribution in [1.29, 1.82) is 0 Å². The number of ether oxygens (including phenoxy) is 1. The molecule has 1 aromatic heterocycles. The number of furan rings is 1. The van der Waals surface area contributed by atoms with Gasteiger partial charge in [0.15, 0.2) is 17.1 Å². The summed E-state index contributed by atoms with van der Waals surface area (Å²) >= 11 is 0.352. The Kier molecular flexibility index (Phi) is 6.10. The molecule has 9 atom stereocenters. The summed E-state index contributed by atoms with van der Waals surface area (Å²) in [4.78, 5) is 38.7. The number of allylic oxidation sites excluding steroid dienone is 4. The zero-order valence-electron chi connectivity index (χ0n) is 20.7. The van der Waals surface area contributed by atoms with Crippen LogP contribution in [0.15, 0.2) is 46.6 Å². The van der Waals surface area contributed by atoms with Gasteiger partial charge in [-0.15, -0.1) is 0 Å². The molecule has 37 heavy (non-hydrogen) atoms. The first-order valence-corrected chi connectivity index (χ1v) is 13.3. The number of alkyl halides is 3. The van der Waals surface area contributed by atoms with Crippen LogP contribution in [0.4, 0.5) is 13.2 Å². The van der Waals surface area contributed by atoms with Crippen LogP contribution in [-0.4, -0.2) is 51.5 Å². The Labute approximate surface area is 216 Å². The van der Waals surface area contributed by atoms with Crippen LogP contribution in [-0.2, 0) is 14.3 Å². The average Bonchev–Trinajstić information content (AvgIpc) is 3.45. The molecule has 0 aliphatic heterocycles. The van der Waals surface area contributed by atoms with E-state index in [-0.39, 0.29) is 30.6 Å². The quantitative estimate of drug-likeness (QED) is 0.544. The molecule has 1 N–H and O–H groups in total. The minimum Gasteiger partial charge on any atom is -0.457 e. The maximum atomic E-state index is 17.4. The number of esters is 1. The van der Waals surface area contributed by atoms with Gasteiger partial charge in [0, 0.05) is 22.7 Å². The number of carbonyl (C=O) groups excluding carboxylic acids is 3. The molecule has 4 aliphatic rings. The zero-order valence-corrected chi connectivity index (χ0v) is 21.5. The molecule has 3 fully saturated rings. The number of fused-ring (bicyclic) bond motifs is 5. The van der Waals surface area contributed by atoms with Crippen molar-refractivity contribution in [1.82, 2.24) is 0 Å². The predicted molar refractivity (Wildman–Crippen MR) is 129 cm³/mol. The minimum atomic E-state index is -2.35. The first-order chi connectivity index (χ1) is 17.4. The van der Waals surface area contributed by atoms with Crippen LogP contribution in [0.1, 0.15) is 50.6 Å². The monoisotopic (exact) mass is 538 g/mol. The summed E-state index contributed by atoms with van der Waals surface area (Å²) in [6.45, 7) is 4.79. The van der Waals surface area contributed by atoms with Crippen LogP contribution in [0.25, 0.3) is 0 Å². The van der Waals surface area contributed by atoms with Gasteiger partial charge >= 0.3 is 5.97 Å². The van der Waals surface area contributed by atoms with Crippen molar-refractivity contribution in [2.45, 2.75) is 63.6 Å². The van der Waals surface area contributed by atoms with Crippen molar-refractivity contribution in [2.24, 2.45) is 28.6 Å². The van der Waals surface area contributed by atoms with E-state index in [0.717, 1.165) is 6.08 Å². The second kappa shape index (κ2) is 8.59. The highest BCUT2D eigenvalue weighted by molar-refractivity contribution is 8.13. The third-order valence-electron chi connectivity index (χ3n) is 9.63. The molecule has 0 aromatic carbocycles. The highest BCUT2D eigenvalue weighted by Crippen LogP contribution is 2.72. The van der Waals surface area contributed by atoms with Gasteiger partial charge in [-0.25, -0.2) is 18.0 Å². The van der Waals surface area contributed by atoms with Gasteiger partial charge in [0.2, 0.25) is 10.9 Å². The minimum absolute atomic E-state index is 0.00739. The number of rotatable bonds is 4. The molecule has 0 spiro atoms. The van der Waals surface area contributed by atoms with Gasteiger partial charge in [0.1, 0.15) is 12.2 Å². The highest BCUT2D eigenvalue weighted by atomic mass is 32.2. The number of halogens is 3. The molecule has 0 saturated heterocycles. The molecule has 4 aliphatic carbocycles. The maximum absolute atomic E-state index is 17.4. The summed E-state index contributed by atoms with van der Waals surface area (Å²) in [6, 6.07) is 1.78. The van der Waals surface area contributed by atoms with E-state index >= 15 is 8.78 Å². The SMILES string of the molecule is C[C@@H]1CC2C3C[C@H](F)C4=CC(=O)C=C[C@]4(C)[C@@]3(F)C(O)CC2(C)[C@@]1(OC(=O)c1ccco1)C(=O)SCF. The van der Waals surface area contributed by atoms with Gasteiger partial charge in [-0.2, -0.15) is 0 Å². The summed E-state index contributed by atoms with van der Waals surface area (Å²) in [6.07, 6.45) is 1.16. The average molecular weight is 539 g/mol. The van der Waals surface area contributed by atoms with Crippen LogP contribution in [0.3, 0.4) is 0 Å². The summed E-state index contributed by atoms with van der Waals surface area (Å²) in [5.74, 6) is -3.98. The molecule has 0 bridgehead atoms. The van der Waals surface area contributed by atoms with Crippen LogP contribution in [0, 0.1) is 28.6 Å². The van der Waals surface area contributed by atoms with Gasteiger partial charge in [-0.1, -0.05) is 19.9 Å². The van der Waals surface area contributed by atoms with Crippen LogP contribution >= 0.6 is 11.8 Å². The fourth-order valence-electron chi connectivity index (χ4n) is 7.97. The highest BCUT2D eigenvalue weighted by Gasteiger charge is 2.78. The lowest BCUT2D eigenvalue weighted by molar-refractivity contribution is -0.221. The number of ketones is 1. The lowest BCUT2D eigenvalue weighted by atomic mass is 9.44. The van der Waals surface area contributed by atoms with Crippen molar-refractivity contribution in [3.63, 3.8) is 0 Å². The summed E-state index contributed by atoms with van der Waals surface area (Å²) in [5, 5.41) is 10.7. The molecular weight excluding hydrogens is 509 g/mol. The van der Waals surface area contributed by atoms with E-state index in [0.29, 0.717) is 11.8 Å². The third kappa shape index (κ3) is 3.27. The van der Waals surface area contributed by atoms with E-state index in [1.165, 1.54) is 37.5 Å². The topological polar surface area (TPSA) is 93.8 Å². The van der Waals surface area contributed by atoms with Gasteiger partial charge in [0.25, 0.3) is 0 Å². The van der Waals surface area contributed by atoms with E-state index in [4.69, 9.17) is 9.15 Å². The zero-order chi connectivity index (χ0) is 27.0. The van der Waals surface area contributed by atoms with Crippen molar-refractivity contribution >= 4 is 28.6 Å². The van der Waals surface area contributed by atoms with E-state index < -0.39 is 75.0 Å². The number of carbonyl (C=O) groups is 3. The van der Waals surface area contributed by atoms with Gasteiger partial charge < -0.3 is 14.3 Å². The molecular formula is C27H29F3O6S. The Bertz CT molecular complexity index is 1200. The number of hydrogen-bond acceptors (Lipinski definition) is 7. The number of aliphatic hydroxyl groups excluding tert-OH is 1. The Hall–Kier alpha value is -2.33. The summed E-state index contributed by atoms with van der Waals surface area (Å²) in [5.41, 5.74) is -7.19. The smallest absolute Gasteiger partial charge is 0.375 e. The molecule has 4 unspecified atom stereocenters. The molecule has 200 valence electrons. The van der Waals surface area contributed by atoms with Crippen LogP contribution in [0.5, 0.6) is 0 Å². The first kappa shape index (κ1) is 26.3. The molecule has 10 heteroatoms. The lowest BCUT2D eigenvalue weighted by Crippen LogP contribution is -2.70. The molecule has 5 rings (SSSR count). The van der Waals surface area contributed by atoms with Crippen LogP contribution < -0.4 is 0 Å².